The van der Waals surface area contributed by atoms with Crippen molar-refractivity contribution in [3.05, 3.63) is 56.9 Å². The molecule has 1 unspecified atom stereocenters. The number of hydrogen-bond acceptors (Lipinski definition) is 3. The number of fused-ring (bicyclic) bond motifs is 1. The van der Waals surface area contributed by atoms with Crippen LogP contribution in [0.4, 0.5) is 0 Å². The molecule has 4 rings (SSSR count). The van der Waals surface area contributed by atoms with Crippen LogP contribution in [0.3, 0.4) is 0 Å². The Balaban J connectivity index is 1.51. The fourth-order valence-corrected chi connectivity index (χ4v) is 4.01. The maximum Gasteiger partial charge on any atom is 0.179 e. The van der Waals surface area contributed by atoms with Gasteiger partial charge in [-0.2, -0.15) is 0 Å². The van der Waals surface area contributed by atoms with Crippen molar-refractivity contribution in [2.24, 2.45) is 0 Å². The summed E-state index contributed by atoms with van der Waals surface area (Å²) in [5, 5.41) is 1.85. The quantitative estimate of drug-likeness (QED) is 0.612. The van der Waals surface area contributed by atoms with Crippen LogP contribution < -0.4 is 0 Å². The van der Waals surface area contributed by atoms with Crippen LogP contribution in [0.1, 0.15) is 30.1 Å². The summed E-state index contributed by atoms with van der Waals surface area (Å²) < 4.78 is 0. The zero-order valence-electron chi connectivity index (χ0n) is 13.5. The lowest BCUT2D eigenvalue weighted by Gasteiger charge is -2.32. The van der Waals surface area contributed by atoms with Crippen molar-refractivity contribution in [1.82, 2.24) is 19.9 Å². The van der Waals surface area contributed by atoms with Crippen LogP contribution in [0.2, 0.25) is 15.2 Å². The van der Waals surface area contributed by atoms with Gasteiger partial charge in [0.15, 0.2) is 5.65 Å². The molecule has 0 spiro atoms. The van der Waals surface area contributed by atoms with E-state index in [0.717, 1.165) is 54.4 Å². The van der Waals surface area contributed by atoms with Gasteiger partial charge in [0, 0.05) is 29.1 Å². The van der Waals surface area contributed by atoms with Gasteiger partial charge in [-0.15, -0.1) is 0 Å². The van der Waals surface area contributed by atoms with Crippen molar-refractivity contribution < 1.29 is 0 Å². The molecule has 1 fully saturated rings. The first kappa shape index (κ1) is 17.1. The summed E-state index contributed by atoms with van der Waals surface area (Å²) in [5.41, 5.74) is 2.71. The van der Waals surface area contributed by atoms with Crippen molar-refractivity contribution in [3.63, 3.8) is 0 Å². The highest BCUT2D eigenvalue weighted by Gasteiger charge is 2.24. The van der Waals surface area contributed by atoms with Crippen molar-refractivity contribution in [1.29, 1.82) is 0 Å². The number of hydrogen-bond donors (Lipinski definition) is 1. The second-order valence-corrected chi connectivity index (χ2v) is 7.67. The molecule has 0 aliphatic carbocycles. The summed E-state index contributed by atoms with van der Waals surface area (Å²) in [6.45, 7) is 2.81. The van der Waals surface area contributed by atoms with Gasteiger partial charge in [-0.1, -0.05) is 40.9 Å². The Morgan fingerprint density at radius 1 is 1.12 bits per heavy atom. The van der Waals surface area contributed by atoms with Gasteiger partial charge in [-0.25, -0.2) is 9.97 Å². The van der Waals surface area contributed by atoms with E-state index >= 15 is 0 Å². The number of pyridine rings is 1. The van der Waals surface area contributed by atoms with Crippen LogP contribution >= 0.6 is 34.8 Å². The molecule has 3 heterocycles. The minimum Gasteiger partial charge on any atom is -0.340 e. The van der Waals surface area contributed by atoms with Crippen molar-refractivity contribution >= 4 is 46.0 Å². The molecular weight excluding hydrogens is 379 g/mol. The summed E-state index contributed by atoms with van der Waals surface area (Å²) in [4.78, 5) is 14.7. The lowest BCUT2D eigenvalue weighted by molar-refractivity contribution is 0.197. The molecule has 1 aromatic carbocycles. The number of H-pyrrole nitrogens is 1. The summed E-state index contributed by atoms with van der Waals surface area (Å²) in [6, 6.07) is 9.39. The highest BCUT2D eigenvalue weighted by molar-refractivity contribution is 6.35. The number of aromatic amines is 1. The Morgan fingerprint density at radius 2 is 2.00 bits per heavy atom. The topological polar surface area (TPSA) is 44.8 Å². The average Bonchev–Trinajstić information content (AvgIpc) is 3.01. The lowest BCUT2D eigenvalue weighted by Crippen LogP contribution is -2.34. The summed E-state index contributed by atoms with van der Waals surface area (Å²) in [6.07, 6.45) is 2.24. The van der Waals surface area contributed by atoms with Crippen LogP contribution in [0.25, 0.3) is 11.2 Å². The molecular formula is C18H17Cl3N4. The Morgan fingerprint density at radius 3 is 2.84 bits per heavy atom. The fraction of sp³-hybridized carbons (Fsp3) is 0.333. The van der Waals surface area contributed by atoms with Gasteiger partial charge in [0.25, 0.3) is 0 Å². The number of imidazole rings is 1. The van der Waals surface area contributed by atoms with Crippen molar-refractivity contribution in [2.45, 2.75) is 25.3 Å². The number of likely N-dealkylation sites (tertiary alicyclic amines) is 1. The normalized spacial score (nSPS) is 18.8. The maximum atomic E-state index is 6.32. The van der Waals surface area contributed by atoms with E-state index in [-0.39, 0.29) is 0 Å². The molecule has 1 aliphatic rings. The van der Waals surface area contributed by atoms with E-state index in [4.69, 9.17) is 34.8 Å². The van der Waals surface area contributed by atoms with E-state index in [2.05, 4.69) is 19.9 Å². The number of aromatic nitrogens is 3. The van der Waals surface area contributed by atoms with Gasteiger partial charge < -0.3 is 4.98 Å². The summed E-state index contributed by atoms with van der Waals surface area (Å²) in [7, 11) is 0. The predicted octanol–water partition coefficient (Wildman–Crippen LogP) is 5.30. The number of nitrogens with one attached hydrogen (secondary N) is 1. The Bertz CT molecular complexity index is 908. The highest BCUT2D eigenvalue weighted by atomic mass is 35.5. The molecule has 0 saturated carbocycles. The predicted molar refractivity (Wildman–Crippen MR) is 103 cm³/mol. The van der Waals surface area contributed by atoms with Crippen LogP contribution in [0.15, 0.2) is 30.3 Å². The molecule has 0 bridgehead atoms. The first-order chi connectivity index (χ1) is 12.1. The fourth-order valence-electron chi connectivity index (χ4n) is 3.39. The maximum absolute atomic E-state index is 6.32. The first-order valence-electron chi connectivity index (χ1n) is 8.27. The first-order valence-corrected chi connectivity index (χ1v) is 9.40. The zero-order chi connectivity index (χ0) is 17.4. The summed E-state index contributed by atoms with van der Waals surface area (Å²) in [5.74, 6) is 1.34. The third-order valence-electron chi connectivity index (χ3n) is 4.63. The average molecular weight is 396 g/mol. The second-order valence-electron chi connectivity index (χ2n) is 6.44. The molecule has 0 amide bonds. The lowest BCUT2D eigenvalue weighted by atomic mass is 9.97. The number of nitrogens with zero attached hydrogens (tertiary/aromatic N) is 3. The van der Waals surface area contributed by atoms with Crippen molar-refractivity contribution in [3.8, 4) is 0 Å². The number of halogens is 3. The van der Waals surface area contributed by atoms with E-state index in [0.29, 0.717) is 21.7 Å². The molecule has 3 aromatic rings. The van der Waals surface area contributed by atoms with E-state index < -0.39 is 0 Å². The number of piperidine rings is 1. The van der Waals surface area contributed by atoms with Crippen LogP contribution in [-0.2, 0) is 6.54 Å². The molecule has 1 atom stereocenters. The van der Waals surface area contributed by atoms with E-state index in [1.807, 2.05) is 18.2 Å². The molecule has 1 saturated heterocycles. The third-order valence-corrected chi connectivity index (χ3v) is 5.43. The molecule has 25 heavy (non-hydrogen) atoms. The van der Waals surface area contributed by atoms with Crippen molar-refractivity contribution in [2.75, 3.05) is 13.1 Å². The number of benzene rings is 1. The molecule has 1 aliphatic heterocycles. The monoisotopic (exact) mass is 394 g/mol. The minimum absolute atomic E-state index is 0.354. The second kappa shape index (κ2) is 7.12. The Kier molecular flexibility index (Phi) is 4.87. The third kappa shape index (κ3) is 3.77. The molecule has 4 nitrogen and oxygen atoms in total. The van der Waals surface area contributed by atoms with Gasteiger partial charge in [0.1, 0.15) is 11.0 Å². The highest BCUT2D eigenvalue weighted by Crippen LogP contribution is 2.29. The number of rotatable bonds is 3. The molecule has 7 heteroatoms. The van der Waals surface area contributed by atoms with Crippen LogP contribution in [0.5, 0.6) is 0 Å². The van der Waals surface area contributed by atoms with Gasteiger partial charge in [0.05, 0.1) is 5.52 Å². The molecule has 130 valence electrons. The molecule has 0 radical (unpaired) electrons. The largest absolute Gasteiger partial charge is 0.340 e. The molecule has 1 N–H and O–H groups in total. The van der Waals surface area contributed by atoms with E-state index in [1.165, 1.54) is 0 Å². The minimum atomic E-state index is 0.354. The Labute approximate surface area is 161 Å². The smallest absolute Gasteiger partial charge is 0.179 e. The van der Waals surface area contributed by atoms with Gasteiger partial charge in [0.2, 0.25) is 0 Å². The standard InChI is InChI=1S/C18H17Cl3N4/c19-13-4-3-11(14(20)8-13)9-25-7-1-2-12(10-25)17-22-15-5-6-16(21)23-18(15)24-17/h3-6,8,12H,1-2,7,9-10H2,(H,22,23,24). The van der Waals surface area contributed by atoms with E-state index in [9.17, 15) is 0 Å². The van der Waals surface area contributed by atoms with Gasteiger partial charge >= 0.3 is 0 Å². The SMILES string of the molecule is Clc1ccc(CN2CCCC(c3nc4nc(Cl)ccc4[nH]3)C2)c(Cl)c1. The van der Waals surface area contributed by atoms with E-state index in [1.54, 1.807) is 12.1 Å². The summed E-state index contributed by atoms with van der Waals surface area (Å²) >= 11 is 18.3. The van der Waals surface area contributed by atoms with Crippen LogP contribution in [-0.4, -0.2) is 32.9 Å². The molecule has 2 aromatic heterocycles. The van der Waals surface area contributed by atoms with Crippen LogP contribution in [0, 0.1) is 0 Å². The zero-order valence-corrected chi connectivity index (χ0v) is 15.7. The van der Waals surface area contributed by atoms with Gasteiger partial charge in [-0.3, -0.25) is 4.90 Å². The Hall–Kier alpha value is -1.33. The van der Waals surface area contributed by atoms with Gasteiger partial charge in [-0.05, 0) is 49.2 Å².